The number of benzene rings is 1. The molecule has 2 fully saturated rings. The SMILES string of the molecule is CN=C(NCC1(N2CCCC2)CCOCC1)N(C)CCOc1cc(C)cc(C)c1. The van der Waals surface area contributed by atoms with Gasteiger partial charge in [0.15, 0.2) is 5.96 Å². The van der Waals surface area contributed by atoms with E-state index in [-0.39, 0.29) is 5.54 Å². The summed E-state index contributed by atoms with van der Waals surface area (Å²) in [5, 5.41) is 3.65. The summed E-state index contributed by atoms with van der Waals surface area (Å²) in [5.41, 5.74) is 2.66. The van der Waals surface area contributed by atoms with Gasteiger partial charge in [0.05, 0.1) is 6.54 Å². The third kappa shape index (κ3) is 5.86. The monoisotopic (exact) mass is 402 g/mol. The summed E-state index contributed by atoms with van der Waals surface area (Å²) in [7, 11) is 3.93. The van der Waals surface area contributed by atoms with Crippen molar-refractivity contribution in [1.29, 1.82) is 0 Å². The van der Waals surface area contributed by atoms with Gasteiger partial charge < -0.3 is 19.7 Å². The van der Waals surface area contributed by atoms with Gasteiger partial charge in [0.2, 0.25) is 0 Å². The molecule has 29 heavy (non-hydrogen) atoms. The first-order valence-corrected chi connectivity index (χ1v) is 11.0. The molecule has 1 aromatic carbocycles. The van der Waals surface area contributed by atoms with Crippen molar-refractivity contribution >= 4 is 5.96 Å². The summed E-state index contributed by atoms with van der Waals surface area (Å²) in [6, 6.07) is 6.34. The number of hydrogen-bond donors (Lipinski definition) is 1. The van der Waals surface area contributed by atoms with E-state index in [9.17, 15) is 0 Å². The molecule has 1 N–H and O–H groups in total. The van der Waals surface area contributed by atoms with Gasteiger partial charge in [0, 0.05) is 39.4 Å². The minimum atomic E-state index is 0.196. The Morgan fingerprint density at radius 2 is 1.83 bits per heavy atom. The summed E-state index contributed by atoms with van der Waals surface area (Å²) in [4.78, 5) is 9.34. The molecule has 1 aromatic rings. The molecule has 0 amide bonds. The number of rotatable bonds is 7. The Morgan fingerprint density at radius 1 is 1.17 bits per heavy atom. The molecular weight excluding hydrogens is 364 g/mol. The molecule has 0 saturated carbocycles. The molecule has 162 valence electrons. The number of aryl methyl sites for hydroxylation is 2. The highest BCUT2D eigenvalue weighted by Crippen LogP contribution is 2.30. The molecular formula is C23H38N4O2. The van der Waals surface area contributed by atoms with Crippen LogP contribution >= 0.6 is 0 Å². The highest BCUT2D eigenvalue weighted by atomic mass is 16.5. The van der Waals surface area contributed by atoms with Crippen LogP contribution in [0, 0.1) is 13.8 Å². The number of nitrogens with one attached hydrogen (secondary N) is 1. The number of hydrogen-bond acceptors (Lipinski definition) is 4. The van der Waals surface area contributed by atoms with Crippen LogP contribution < -0.4 is 10.1 Å². The zero-order valence-corrected chi connectivity index (χ0v) is 18.7. The fourth-order valence-corrected chi connectivity index (χ4v) is 4.60. The molecule has 0 aliphatic carbocycles. The van der Waals surface area contributed by atoms with Crippen molar-refractivity contribution in [2.75, 3.05) is 60.1 Å². The van der Waals surface area contributed by atoms with Gasteiger partial charge in [0.1, 0.15) is 12.4 Å². The molecule has 2 saturated heterocycles. The maximum Gasteiger partial charge on any atom is 0.193 e. The number of aliphatic imine (C=N–C) groups is 1. The second kappa shape index (κ2) is 10.3. The van der Waals surface area contributed by atoms with Crippen molar-refractivity contribution in [1.82, 2.24) is 15.1 Å². The van der Waals surface area contributed by atoms with E-state index in [4.69, 9.17) is 9.47 Å². The Labute approximate surface area is 176 Å². The zero-order valence-electron chi connectivity index (χ0n) is 18.7. The van der Waals surface area contributed by atoms with E-state index >= 15 is 0 Å². The smallest absolute Gasteiger partial charge is 0.193 e. The summed E-state index contributed by atoms with van der Waals surface area (Å²) >= 11 is 0. The van der Waals surface area contributed by atoms with Crippen molar-refractivity contribution < 1.29 is 9.47 Å². The largest absolute Gasteiger partial charge is 0.492 e. The van der Waals surface area contributed by atoms with Crippen molar-refractivity contribution in [2.24, 2.45) is 4.99 Å². The van der Waals surface area contributed by atoms with Gasteiger partial charge in [-0.25, -0.2) is 0 Å². The molecule has 0 radical (unpaired) electrons. The van der Waals surface area contributed by atoms with Gasteiger partial charge >= 0.3 is 0 Å². The van der Waals surface area contributed by atoms with Crippen LogP contribution in [-0.4, -0.2) is 81.4 Å². The standard InChI is InChI=1S/C23H38N4O2/c1-19-15-20(2)17-21(16-19)29-14-11-26(4)22(24-3)25-18-23(7-12-28-13-8-23)27-9-5-6-10-27/h15-17H,5-14,18H2,1-4H3,(H,24,25). The Bertz CT molecular complexity index is 659. The van der Waals surface area contributed by atoms with Gasteiger partial charge in [-0.05, 0) is 75.9 Å². The topological polar surface area (TPSA) is 49.3 Å². The second-order valence-electron chi connectivity index (χ2n) is 8.53. The summed E-state index contributed by atoms with van der Waals surface area (Å²) < 4.78 is 11.6. The Hall–Kier alpha value is -1.79. The van der Waals surface area contributed by atoms with Crippen LogP contribution in [0.1, 0.15) is 36.8 Å². The van der Waals surface area contributed by atoms with Crippen LogP contribution in [-0.2, 0) is 4.74 Å². The van der Waals surface area contributed by atoms with E-state index in [0.29, 0.717) is 6.61 Å². The average Bonchev–Trinajstić information content (AvgIpc) is 3.24. The highest BCUT2D eigenvalue weighted by Gasteiger charge is 2.39. The molecule has 0 atom stereocenters. The maximum atomic E-state index is 5.98. The summed E-state index contributed by atoms with van der Waals surface area (Å²) in [5.74, 6) is 1.87. The second-order valence-corrected chi connectivity index (χ2v) is 8.53. The quantitative estimate of drug-likeness (QED) is 0.561. The molecule has 3 rings (SSSR count). The lowest BCUT2D eigenvalue weighted by Crippen LogP contribution is -2.58. The number of likely N-dealkylation sites (tertiary alicyclic amines) is 1. The fourth-order valence-electron chi connectivity index (χ4n) is 4.60. The van der Waals surface area contributed by atoms with Crippen molar-refractivity contribution in [3.05, 3.63) is 29.3 Å². The Kier molecular flexibility index (Phi) is 7.78. The normalized spacial score (nSPS) is 19.9. The van der Waals surface area contributed by atoms with Crippen LogP contribution in [0.2, 0.25) is 0 Å². The lowest BCUT2D eigenvalue weighted by atomic mass is 9.88. The Morgan fingerprint density at radius 3 is 2.45 bits per heavy atom. The van der Waals surface area contributed by atoms with Crippen LogP contribution in [0.3, 0.4) is 0 Å². The van der Waals surface area contributed by atoms with E-state index in [1.807, 2.05) is 7.05 Å². The zero-order chi connectivity index (χ0) is 20.7. The van der Waals surface area contributed by atoms with E-state index in [2.05, 4.69) is 59.2 Å². The number of ether oxygens (including phenoxy) is 2. The first-order chi connectivity index (χ1) is 14.0. The molecule has 2 aliphatic heterocycles. The molecule has 6 nitrogen and oxygen atoms in total. The maximum absolute atomic E-state index is 5.98. The van der Waals surface area contributed by atoms with Gasteiger partial charge in [-0.1, -0.05) is 6.07 Å². The lowest BCUT2D eigenvalue weighted by Gasteiger charge is -2.45. The number of nitrogens with zero attached hydrogens (tertiary/aromatic N) is 3. The van der Waals surface area contributed by atoms with E-state index in [0.717, 1.165) is 50.9 Å². The number of guanidine groups is 1. The van der Waals surface area contributed by atoms with E-state index < -0.39 is 0 Å². The summed E-state index contributed by atoms with van der Waals surface area (Å²) in [6.07, 6.45) is 4.81. The summed E-state index contributed by atoms with van der Waals surface area (Å²) in [6.45, 7) is 10.7. The van der Waals surface area contributed by atoms with Crippen LogP contribution in [0.25, 0.3) is 0 Å². The molecule has 2 heterocycles. The van der Waals surface area contributed by atoms with Gasteiger partial charge in [0.25, 0.3) is 0 Å². The highest BCUT2D eigenvalue weighted by molar-refractivity contribution is 5.79. The molecule has 2 aliphatic rings. The van der Waals surface area contributed by atoms with Crippen LogP contribution in [0.4, 0.5) is 0 Å². The fraction of sp³-hybridized carbons (Fsp3) is 0.696. The van der Waals surface area contributed by atoms with Gasteiger partial charge in [-0.2, -0.15) is 0 Å². The molecule has 0 spiro atoms. The predicted molar refractivity (Wildman–Crippen MR) is 119 cm³/mol. The van der Waals surface area contributed by atoms with Crippen molar-refractivity contribution in [3.8, 4) is 5.75 Å². The van der Waals surface area contributed by atoms with Crippen molar-refractivity contribution in [3.63, 3.8) is 0 Å². The first-order valence-electron chi connectivity index (χ1n) is 11.0. The van der Waals surface area contributed by atoms with E-state index in [1.165, 1.54) is 37.1 Å². The number of likely N-dealkylation sites (N-methyl/N-ethyl adjacent to an activating group) is 1. The van der Waals surface area contributed by atoms with Crippen molar-refractivity contribution in [2.45, 2.75) is 45.1 Å². The minimum Gasteiger partial charge on any atom is -0.492 e. The minimum absolute atomic E-state index is 0.196. The Balaban J connectivity index is 1.51. The molecule has 0 bridgehead atoms. The lowest BCUT2D eigenvalue weighted by molar-refractivity contribution is -0.0166. The third-order valence-corrected chi connectivity index (χ3v) is 6.24. The third-order valence-electron chi connectivity index (χ3n) is 6.24. The average molecular weight is 403 g/mol. The first kappa shape index (κ1) is 21.9. The van der Waals surface area contributed by atoms with Gasteiger partial charge in [-0.15, -0.1) is 0 Å². The van der Waals surface area contributed by atoms with E-state index in [1.54, 1.807) is 0 Å². The molecule has 0 unspecified atom stereocenters. The van der Waals surface area contributed by atoms with Crippen LogP contribution in [0.15, 0.2) is 23.2 Å². The molecule has 6 heteroatoms. The predicted octanol–water partition coefficient (Wildman–Crippen LogP) is 2.83. The van der Waals surface area contributed by atoms with Crippen LogP contribution in [0.5, 0.6) is 5.75 Å². The van der Waals surface area contributed by atoms with Gasteiger partial charge in [-0.3, -0.25) is 9.89 Å². The molecule has 0 aromatic heterocycles.